The van der Waals surface area contributed by atoms with Crippen molar-refractivity contribution in [2.75, 3.05) is 24.2 Å². The highest BCUT2D eigenvalue weighted by atomic mass is 15.2. The molecule has 0 aliphatic heterocycles. The summed E-state index contributed by atoms with van der Waals surface area (Å²) in [7, 11) is 1.50. The first-order chi connectivity index (χ1) is 6.18. The lowest BCUT2D eigenvalue weighted by Crippen LogP contribution is -2.05. The predicted octanol–water partition coefficient (Wildman–Crippen LogP) is -0.781. The maximum Gasteiger partial charge on any atom is 0.226 e. The minimum absolute atomic E-state index is 0.0417. The Hall–Kier alpha value is -1.63. The smallest absolute Gasteiger partial charge is 0.226 e. The van der Waals surface area contributed by atoms with Gasteiger partial charge in [0.15, 0.2) is 0 Å². The van der Waals surface area contributed by atoms with Crippen molar-refractivity contribution in [1.29, 1.82) is 0 Å². The van der Waals surface area contributed by atoms with Crippen molar-refractivity contribution < 1.29 is 0 Å². The van der Waals surface area contributed by atoms with Crippen molar-refractivity contribution in [3.63, 3.8) is 0 Å². The molecule has 0 spiro atoms. The predicted molar refractivity (Wildman–Crippen MR) is 54.5 cm³/mol. The van der Waals surface area contributed by atoms with Gasteiger partial charge in [-0.1, -0.05) is 13.8 Å². The van der Waals surface area contributed by atoms with Gasteiger partial charge in [-0.05, 0) is 7.05 Å². The zero-order chi connectivity index (χ0) is 10.9. The maximum atomic E-state index is 5.14. The van der Waals surface area contributed by atoms with Gasteiger partial charge in [0.05, 0.1) is 0 Å². The molecule has 76 valence electrons. The summed E-state index contributed by atoms with van der Waals surface area (Å²) in [4.78, 5) is 10.5. The van der Waals surface area contributed by atoms with Crippen molar-refractivity contribution in [2.45, 2.75) is 13.8 Å². The molecule has 0 amide bonds. The minimum Gasteiger partial charge on any atom is -0.368 e. The Morgan fingerprint density at radius 2 is 0.846 bits per heavy atom. The summed E-state index contributed by atoms with van der Waals surface area (Å²) < 4.78 is 0. The van der Waals surface area contributed by atoms with E-state index >= 15 is 0 Å². The van der Waals surface area contributed by atoms with Crippen LogP contribution in [0.25, 0.3) is 0 Å². The molecule has 0 radical (unpaired) electrons. The SMILES string of the molecule is CC.CN.Nc1nc(N)nc(N)n1. The molecule has 0 saturated carbocycles. The quantitative estimate of drug-likeness (QED) is 0.417. The molecule has 0 aromatic carbocycles. The summed E-state index contributed by atoms with van der Waals surface area (Å²) in [5.74, 6) is 0.125. The Morgan fingerprint density at radius 3 is 1.00 bits per heavy atom. The molecule has 0 bridgehead atoms. The van der Waals surface area contributed by atoms with Crippen LogP contribution in [0.4, 0.5) is 17.8 Å². The number of nitrogens with zero attached hydrogens (tertiary/aromatic N) is 3. The van der Waals surface area contributed by atoms with Gasteiger partial charge in [-0.3, -0.25) is 0 Å². The van der Waals surface area contributed by atoms with Crippen LogP contribution in [0, 0.1) is 0 Å². The van der Waals surface area contributed by atoms with Crippen LogP contribution in [0.1, 0.15) is 13.8 Å². The summed E-state index contributed by atoms with van der Waals surface area (Å²) in [6, 6.07) is 0. The molecule has 8 N–H and O–H groups in total. The molecule has 13 heavy (non-hydrogen) atoms. The Kier molecular flexibility index (Phi) is 9.07. The van der Waals surface area contributed by atoms with Crippen LogP contribution in [-0.4, -0.2) is 22.0 Å². The highest BCUT2D eigenvalue weighted by Gasteiger charge is 1.93. The molecule has 7 nitrogen and oxygen atoms in total. The molecule has 0 fully saturated rings. The lowest BCUT2D eigenvalue weighted by atomic mass is 10.9. The molecule has 1 aromatic heterocycles. The lowest BCUT2D eigenvalue weighted by molar-refractivity contribution is 1.09. The van der Waals surface area contributed by atoms with Gasteiger partial charge in [0.2, 0.25) is 17.8 Å². The van der Waals surface area contributed by atoms with E-state index in [1.165, 1.54) is 7.05 Å². The third-order valence-electron chi connectivity index (χ3n) is 0.687. The minimum atomic E-state index is 0.0417. The van der Waals surface area contributed by atoms with E-state index in [9.17, 15) is 0 Å². The van der Waals surface area contributed by atoms with E-state index in [2.05, 4.69) is 20.7 Å². The fourth-order valence-electron chi connectivity index (χ4n) is 0.427. The number of anilines is 3. The maximum absolute atomic E-state index is 5.14. The van der Waals surface area contributed by atoms with E-state index < -0.39 is 0 Å². The monoisotopic (exact) mass is 187 g/mol. The summed E-state index contributed by atoms with van der Waals surface area (Å²) in [6.07, 6.45) is 0. The zero-order valence-corrected chi connectivity index (χ0v) is 8.15. The number of nitrogens with two attached hydrogens (primary N) is 4. The van der Waals surface area contributed by atoms with Gasteiger partial charge in [0.25, 0.3) is 0 Å². The molecule has 0 saturated heterocycles. The second kappa shape index (κ2) is 8.47. The Morgan fingerprint density at radius 1 is 0.692 bits per heavy atom. The third kappa shape index (κ3) is 6.76. The Labute approximate surface area is 77.6 Å². The summed E-state index contributed by atoms with van der Waals surface area (Å²) in [5, 5.41) is 0. The van der Waals surface area contributed by atoms with Gasteiger partial charge in [0, 0.05) is 0 Å². The van der Waals surface area contributed by atoms with Crippen LogP contribution in [-0.2, 0) is 0 Å². The van der Waals surface area contributed by atoms with E-state index in [0.717, 1.165) is 0 Å². The van der Waals surface area contributed by atoms with Crippen LogP contribution in [0.15, 0.2) is 0 Å². The van der Waals surface area contributed by atoms with Crippen molar-refractivity contribution in [3.8, 4) is 0 Å². The van der Waals surface area contributed by atoms with E-state index in [0.29, 0.717) is 0 Å². The first kappa shape index (κ1) is 13.9. The summed E-state index contributed by atoms with van der Waals surface area (Å²) in [6.45, 7) is 4.00. The number of nitrogen functional groups attached to an aromatic ring is 3. The van der Waals surface area contributed by atoms with Gasteiger partial charge >= 0.3 is 0 Å². The van der Waals surface area contributed by atoms with Crippen molar-refractivity contribution in [1.82, 2.24) is 15.0 Å². The van der Waals surface area contributed by atoms with Gasteiger partial charge in [-0.2, -0.15) is 15.0 Å². The number of hydrogen-bond donors (Lipinski definition) is 4. The van der Waals surface area contributed by atoms with Gasteiger partial charge in [-0.15, -0.1) is 0 Å². The van der Waals surface area contributed by atoms with E-state index in [1.807, 2.05) is 13.8 Å². The zero-order valence-electron chi connectivity index (χ0n) is 8.15. The average Bonchev–Trinajstić information content (AvgIpc) is 2.09. The van der Waals surface area contributed by atoms with Crippen molar-refractivity contribution in [2.24, 2.45) is 5.73 Å². The summed E-state index contributed by atoms with van der Waals surface area (Å²) >= 11 is 0. The third-order valence-corrected chi connectivity index (χ3v) is 0.687. The van der Waals surface area contributed by atoms with E-state index in [4.69, 9.17) is 17.2 Å². The Balaban J connectivity index is 0. The second-order valence-corrected chi connectivity index (χ2v) is 1.41. The number of aromatic nitrogens is 3. The number of hydrogen-bond acceptors (Lipinski definition) is 7. The topological polar surface area (TPSA) is 143 Å². The molecular weight excluding hydrogens is 170 g/mol. The normalized spacial score (nSPS) is 7.38. The first-order valence-corrected chi connectivity index (χ1v) is 3.79. The highest BCUT2D eigenvalue weighted by Crippen LogP contribution is 1.97. The molecule has 1 heterocycles. The fourth-order valence-corrected chi connectivity index (χ4v) is 0.427. The summed E-state index contributed by atoms with van der Waals surface area (Å²) in [5.41, 5.74) is 19.9. The highest BCUT2D eigenvalue weighted by molar-refractivity contribution is 5.33. The van der Waals surface area contributed by atoms with Gasteiger partial charge in [-0.25, -0.2) is 0 Å². The van der Waals surface area contributed by atoms with Crippen molar-refractivity contribution >= 4 is 17.8 Å². The molecule has 7 heteroatoms. The molecule has 1 aromatic rings. The van der Waals surface area contributed by atoms with E-state index in [1.54, 1.807) is 0 Å². The largest absolute Gasteiger partial charge is 0.368 e. The van der Waals surface area contributed by atoms with Crippen LogP contribution >= 0.6 is 0 Å². The average molecular weight is 187 g/mol. The van der Waals surface area contributed by atoms with Crippen molar-refractivity contribution in [3.05, 3.63) is 0 Å². The van der Waals surface area contributed by atoms with E-state index in [-0.39, 0.29) is 17.8 Å². The molecule has 0 atom stereocenters. The van der Waals surface area contributed by atoms with Crippen LogP contribution in [0.5, 0.6) is 0 Å². The Bertz CT molecular complexity index is 174. The standard InChI is InChI=1S/C3H6N6.C2H6.CH5N/c4-1-7-2(5)9-3(6)8-1;2*1-2/h(H6,4,5,6,7,8,9);1-2H3;2H2,1H3. The molecule has 0 aliphatic carbocycles. The second-order valence-electron chi connectivity index (χ2n) is 1.41. The van der Waals surface area contributed by atoms with Crippen LogP contribution < -0.4 is 22.9 Å². The van der Waals surface area contributed by atoms with Gasteiger partial charge in [0.1, 0.15) is 0 Å². The van der Waals surface area contributed by atoms with Crippen LogP contribution in [0.3, 0.4) is 0 Å². The van der Waals surface area contributed by atoms with Gasteiger partial charge < -0.3 is 22.9 Å². The van der Waals surface area contributed by atoms with Crippen LogP contribution in [0.2, 0.25) is 0 Å². The molecule has 0 unspecified atom stereocenters. The fraction of sp³-hybridized carbons (Fsp3) is 0.500. The molecule has 1 rings (SSSR count). The molecule has 0 aliphatic rings. The molecular formula is C6H17N7. The number of rotatable bonds is 0. The first-order valence-electron chi connectivity index (χ1n) is 3.79. The lowest BCUT2D eigenvalue weighted by Gasteiger charge is -1.93.